The van der Waals surface area contributed by atoms with Crippen molar-refractivity contribution in [2.75, 3.05) is 0 Å². The quantitative estimate of drug-likeness (QED) is 0.479. The Labute approximate surface area is 135 Å². The van der Waals surface area contributed by atoms with Gasteiger partial charge in [0.15, 0.2) is 0 Å². The van der Waals surface area contributed by atoms with Gasteiger partial charge in [-0.2, -0.15) is 0 Å². The molecule has 0 bridgehead atoms. The normalized spacial score (nSPS) is 14.0. The van der Waals surface area contributed by atoms with Crippen molar-refractivity contribution in [1.29, 1.82) is 0 Å². The molecule has 0 atom stereocenters. The van der Waals surface area contributed by atoms with E-state index in [1.165, 1.54) is 38.9 Å². The van der Waals surface area contributed by atoms with Gasteiger partial charge in [-0.15, -0.1) is 0 Å². The molecule has 3 rings (SSSR count). The molecule has 0 nitrogen and oxygen atoms in total. The van der Waals surface area contributed by atoms with Gasteiger partial charge >= 0.3 is 0 Å². The molecule has 0 saturated heterocycles. The zero-order valence-corrected chi connectivity index (χ0v) is 15.0. The van der Waals surface area contributed by atoms with Crippen molar-refractivity contribution in [3.05, 3.63) is 58.1 Å². The summed E-state index contributed by atoms with van der Waals surface area (Å²) in [5.74, 6) is 0. The summed E-state index contributed by atoms with van der Waals surface area (Å²) in [6, 6.07) is 13.1. The van der Waals surface area contributed by atoms with E-state index in [1.54, 1.807) is 0 Å². The van der Waals surface area contributed by atoms with Crippen molar-refractivity contribution >= 4 is 0 Å². The van der Waals surface area contributed by atoms with Crippen molar-refractivity contribution in [3.8, 4) is 11.1 Å². The third kappa shape index (κ3) is 2.49. The monoisotopic (exact) mass is 291 g/mol. The third-order valence-corrected chi connectivity index (χ3v) is 4.76. The molecule has 0 heteroatoms. The first kappa shape index (κ1) is 15.3. The molecule has 2 aromatic carbocycles. The molecule has 0 aliphatic heterocycles. The van der Waals surface area contributed by atoms with Crippen LogP contribution in [-0.4, -0.2) is 0 Å². The van der Waals surface area contributed by atoms with Gasteiger partial charge < -0.3 is 0 Å². The highest BCUT2D eigenvalue weighted by molar-refractivity contribution is 5.80. The van der Waals surface area contributed by atoms with E-state index in [9.17, 15) is 0 Å². The van der Waals surface area contributed by atoms with Gasteiger partial charge in [0.2, 0.25) is 0 Å². The summed E-state index contributed by atoms with van der Waals surface area (Å²) in [7, 11) is 0. The Morgan fingerprint density at radius 1 is 0.909 bits per heavy atom. The lowest BCUT2D eigenvalue weighted by atomic mass is 9.83. The molecule has 0 aromatic heterocycles. The number of aryl methyl sites for hydroxylation is 1. The highest BCUT2D eigenvalue weighted by Crippen LogP contribution is 2.42. The molecule has 0 fully saturated rings. The van der Waals surface area contributed by atoms with Gasteiger partial charge in [-0.05, 0) is 69.2 Å². The van der Waals surface area contributed by atoms with E-state index in [0.29, 0.717) is 0 Å². The van der Waals surface area contributed by atoms with Crippen molar-refractivity contribution in [3.63, 3.8) is 0 Å². The van der Waals surface area contributed by atoms with Crippen LogP contribution < -0.4 is 0 Å². The fourth-order valence-corrected chi connectivity index (χ4v) is 3.34. The second-order valence-corrected chi connectivity index (χ2v) is 8.77. The Hall–Kier alpha value is -1.56. The highest BCUT2D eigenvalue weighted by Gasteiger charge is 2.25. The smallest absolute Gasteiger partial charge is 0.000697 e. The van der Waals surface area contributed by atoms with Gasteiger partial charge in [0.1, 0.15) is 0 Å². The topological polar surface area (TPSA) is 0 Å². The molecule has 2 aromatic rings. The molecular weight excluding hydrogens is 264 g/mol. The minimum atomic E-state index is 0.158. The first-order valence-corrected chi connectivity index (χ1v) is 8.27. The van der Waals surface area contributed by atoms with Crippen LogP contribution in [0.3, 0.4) is 0 Å². The number of hydrogen-bond donors (Lipinski definition) is 0. The summed E-state index contributed by atoms with van der Waals surface area (Å²) in [6.45, 7) is 15.9. The van der Waals surface area contributed by atoms with E-state index in [-0.39, 0.29) is 10.8 Å². The first-order chi connectivity index (χ1) is 10.1. The second-order valence-electron chi connectivity index (χ2n) is 8.77. The van der Waals surface area contributed by atoms with E-state index in [4.69, 9.17) is 0 Å². The van der Waals surface area contributed by atoms with E-state index in [2.05, 4.69) is 78.8 Å². The van der Waals surface area contributed by atoms with Crippen molar-refractivity contribution in [2.45, 2.75) is 65.7 Å². The zero-order valence-electron chi connectivity index (χ0n) is 15.0. The SMILES string of the molecule is Cc1cc(C(C)(C)C)[c]c2c1-c1ccc(C(C)(C)C)cc1C2. The molecule has 0 heterocycles. The van der Waals surface area contributed by atoms with E-state index >= 15 is 0 Å². The third-order valence-electron chi connectivity index (χ3n) is 4.76. The average molecular weight is 291 g/mol. The van der Waals surface area contributed by atoms with Crippen LogP contribution in [0.25, 0.3) is 11.1 Å². The summed E-state index contributed by atoms with van der Waals surface area (Å²) in [5.41, 5.74) is 10.2. The summed E-state index contributed by atoms with van der Waals surface area (Å²) in [5, 5.41) is 0. The largest absolute Gasteiger partial charge is 0.0579 e. The summed E-state index contributed by atoms with van der Waals surface area (Å²) < 4.78 is 0. The van der Waals surface area contributed by atoms with E-state index in [0.717, 1.165) is 6.42 Å². The van der Waals surface area contributed by atoms with Crippen LogP contribution in [0.1, 0.15) is 69.4 Å². The molecule has 0 amide bonds. The predicted molar refractivity (Wildman–Crippen MR) is 95.7 cm³/mol. The van der Waals surface area contributed by atoms with Crippen LogP contribution >= 0.6 is 0 Å². The molecule has 0 unspecified atom stereocenters. The number of hydrogen-bond acceptors (Lipinski definition) is 0. The second kappa shape index (κ2) is 4.72. The van der Waals surface area contributed by atoms with Crippen molar-refractivity contribution in [2.24, 2.45) is 0 Å². The standard InChI is InChI=1S/C22H27/c1-14-10-18(22(5,6)7)13-16-11-15-12-17(21(2,3)4)8-9-19(15)20(14)16/h8-10,12H,11H2,1-7H3. The van der Waals surface area contributed by atoms with Crippen LogP contribution in [-0.2, 0) is 17.3 Å². The zero-order chi connectivity index (χ0) is 16.3. The van der Waals surface area contributed by atoms with Crippen LogP contribution in [0.15, 0.2) is 24.3 Å². The lowest BCUT2D eigenvalue weighted by molar-refractivity contribution is 0.588. The minimum Gasteiger partial charge on any atom is -0.0579 e. The minimum absolute atomic E-state index is 0.158. The summed E-state index contributed by atoms with van der Waals surface area (Å²) in [4.78, 5) is 0. The van der Waals surface area contributed by atoms with Gasteiger partial charge in [0.25, 0.3) is 0 Å². The van der Waals surface area contributed by atoms with E-state index in [1.807, 2.05) is 0 Å². The molecule has 0 N–H and O–H groups in total. The number of fused-ring (bicyclic) bond motifs is 3. The van der Waals surface area contributed by atoms with Crippen LogP contribution in [0.2, 0.25) is 0 Å². The number of rotatable bonds is 0. The van der Waals surface area contributed by atoms with Crippen molar-refractivity contribution in [1.82, 2.24) is 0 Å². The Morgan fingerprint density at radius 3 is 2.18 bits per heavy atom. The van der Waals surface area contributed by atoms with Crippen LogP contribution in [0, 0.1) is 13.0 Å². The van der Waals surface area contributed by atoms with Gasteiger partial charge in [-0.25, -0.2) is 0 Å². The molecule has 22 heavy (non-hydrogen) atoms. The van der Waals surface area contributed by atoms with Crippen LogP contribution in [0.5, 0.6) is 0 Å². The predicted octanol–water partition coefficient (Wildman–Crippen LogP) is 5.96. The summed E-state index contributed by atoms with van der Waals surface area (Å²) in [6.07, 6.45) is 1.03. The molecule has 0 saturated carbocycles. The lowest BCUT2D eigenvalue weighted by Gasteiger charge is -2.21. The molecule has 115 valence electrons. The highest BCUT2D eigenvalue weighted by atomic mass is 14.3. The fourth-order valence-electron chi connectivity index (χ4n) is 3.34. The van der Waals surface area contributed by atoms with Gasteiger partial charge in [0, 0.05) is 0 Å². The fraction of sp³-hybridized carbons (Fsp3) is 0.455. The Kier molecular flexibility index (Phi) is 3.29. The molecule has 1 aliphatic rings. The van der Waals surface area contributed by atoms with Crippen LogP contribution in [0.4, 0.5) is 0 Å². The first-order valence-electron chi connectivity index (χ1n) is 8.27. The summed E-state index contributed by atoms with van der Waals surface area (Å²) >= 11 is 0. The molecule has 1 radical (unpaired) electrons. The molecule has 1 aliphatic carbocycles. The Balaban J connectivity index is 2.13. The van der Waals surface area contributed by atoms with Gasteiger partial charge in [0.05, 0.1) is 0 Å². The van der Waals surface area contributed by atoms with Crippen molar-refractivity contribution < 1.29 is 0 Å². The van der Waals surface area contributed by atoms with E-state index < -0.39 is 0 Å². The maximum Gasteiger partial charge on any atom is -0.000697 e. The molecule has 0 spiro atoms. The average Bonchev–Trinajstić information content (AvgIpc) is 2.74. The Bertz CT molecular complexity index is 734. The van der Waals surface area contributed by atoms with Gasteiger partial charge in [-0.3, -0.25) is 0 Å². The van der Waals surface area contributed by atoms with Gasteiger partial charge in [-0.1, -0.05) is 65.8 Å². The Morgan fingerprint density at radius 2 is 1.59 bits per heavy atom. The lowest BCUT2D eigenvalue weighted by Crippen LogP contribution is -2.12. The number of benzene rings is 2. The molecular formula is C22H27. The maximum atomic E-state index is 3.71. The maximum absolute atomic E-state index is 3.71.